The van der Waals surface area contributed by atoms with Crippen LogP contribution < -0.4 is 5.32 Å². The summed E-state index contributed by atoms with van der Waals surface area (Å²) in [6, 6.07) is 5.66. The summed E-state index contributed by atoms with van der Waals surface area (Å²) in [5, 5.41) is 2.82. The fourth-order valence-electron chi connectivity index (χ4n) is 1.97. The third-order valence-electron chi connectivity index (χ3n) is 2.95. The zero-order valence-corrected chi connectivity index (χ0v) is 9.77. The predicted octanol–water partition coefficient (Wildman–Crippen LogP) is 1.37. The molecule has 0 radical (unpaired) electrons. The molecular weight excluding hydrogens is 230 g/mol. The number of carbonyl (C=O) groups excluding carboxylic acids is 1. The van der Waals surface area contributed by atoms with Crippen LogP contribution in [-0.2, 0) is 24.5 Å². The van der Waals surface area contributed by atoms with Crippen molar-refractivity contribution in [3.63, 3.8) is 0 Å². The maximum Gasteiger partial charge on any atom is 0.251 e. The van der Waals surface area contributed by atoms with E-state index in [0.29, 0.717) is 25.3 Å². The van der Waals surface area contributed by atoms with Crippen molar-refractivity contribution in [2.75, 3.05) is 0 Å². The molecule has 1 aromatic heterocycles. The van der Waals surface area contributed by atoms with E-state index in [1.165, 1.54) is 0 Å². The Bertz CT molecular complexity index is 564. The molecule has 0 spiro atoms. The highest BCUT2D eigenvalue weighted by Crippen LogP contribution is 2.20. The summed E-state index contributed by atoms with van der Waals surface area (Å²) in [5.41, 5.74) is 2.92. The fourth-order valence-corrected chi connectivity index (χ4v) is 1.97. The van der Waals surface area contributed by atoms with Gasteiger partial charge >= 0.3 is 0 Å². The molecule has 18 heavy (non-hydrogen) atoms. The topological polar surface area (TPSA) is 67.0 Å². The minimum Gasteiger partial charge on any atom is -0.372 e. The average molecular weight is 243 g/mol. The van der Waals surface area contributed by atoms with Crippen molar-refractivity contribution >= 4 is 5.91 Å². The zero-order valence-electron chi connectivity index (χ0n) is 9.77. The van der Waals surface area contributed by atoms with E-state index in [4.69, 9.17) is 4.74 Å². The standard InChI is InChI=1S/C13H13N3O2/c17-13(16-6-12-14-3-4-15-12)9-1-2-10-7-18-8-11(10)5-9/h1-5H,6-8H2,(H,14,15)(H,16,17). The molecule has 2 aromatic rings. The number of imidazole rings is 1. The number of aromatic amines is 1. The van der Waals surface area contributed by atoms with Gasteiger partial charge in [-0.15, -0.1) is 0 Å². The Balaban J connectivity index is 1.69. The molecule has 1 amide bonds. The van der Waals surface area contributed by atoms with Crippen LogP contribution in [0.25, 0.3) is 0 Å². The quantitative estimate of drug-likeness (QED) is 0.855. The first-order chi connectivity index (χ1) is 8.83. The van der Waals surface area contributed by atoms with Gasteiger partial charge in [0.1, 0.15) is 5.82 Å². The summed E-state index contributed by atoms with van der Waals surface area (Å²) in [6.45, 7) is 1.64. The molecule has 5 nitrogen and oxygen atoms in total. The summed E-state index contributed by atoms with van der Waals surface area (Å²) in [7, 11) is 0. The van der Waals surface area contributed by atoms with Crippen molar-refractivity contribution in [3.05, 3.63) is 53.1 Å². The van der Waals surface area contributed by atoms with Crippen LogP contribution in [0.3, 0.4) is 0 Å². The highest BCUT2D eigenvalue weighted by atomic mass is 16.5. The van der Waals surface area contributed by atoms with E-state index in [0.717, 1.165) is 17.0 Å². The molecule has 5 heteroatoms. The summed E-state index contributed by atoms with van der Waals surface area (Å²) in [4.78, 5) is 18.9. The van der Waals surface area contributed by atoms with Gasteiger partial charge in [-0.05, 0) is 23.3 Å². The van der Waals surface area contributed by atoms with Crippen LogP contribution in [0.5, 0.6) is 0 Å². The number of benzene rings is 1. The number of nitrogens with one attached hydrogen (secondary N) is 2. The molecule has 92 valence electrons. The molecule has 0 unspecified atom stereocenters. The van der Waals surface area contributed by atoms with Gasteiger partial charge in [0.05, 0.1) is 19.8 Å². The van der Waals surface area contributed by atoms with E-state index in [1.807, 2.05) is 18.2 Å². The van der Waals surface area contributed by atoms with Gasteiger partial charge in [-0.1, -0.05) is 6.07 Å². The second-order valence-corrected chi connectivity index (χ2v) is 4.19. The van der Waals surface area contributed by atoms with Crippen molar-refractivity contribution in [1.29, 1.82) is 0 Å². The second-order valence-electron chi connectivity index (χ2n) is 4.19. The smallest absolute Gasteiger partial charge is 0.251 e. The van der Waals surface area contributed by atoms with Crippen molar-refractivity contribution in [1.82, 2.24) is 15.3 Å². The first-order valence-corrected chi connectivity index (χ1v) is 5.79. The van der Waals surface area contributed by atoms with Crippen molar-refractivity contribution in [3.8, 4) is 0 Å². The van der Waals surface area contributed by atoms with Gasteiger partial charge in [0.2, 0.25) is 0 Å². The summed E-state index contributed by atoms with van der Waals surface area (Å²) in [5.74, 6) is 0.647. The number of carbonyl (C=O) groups is 1. The lowest BCUT2D eigenvalue weighted by atomic mass is 10.1. The Kier molecular flexibility index (Phi) is 2.82. The van der Waals surface area contributed by atoms with Gasteiger partial charge in [-0.25, -0.2) is 4.98 Å². The number of aromatic nitrogens is 2. The largest absolute Gasteiger partial charge is 0.372 e. The van der Waals surface area contributed by atoms with Crippen LogP contribution in [0.2, 0.25) is 0 Å². The molecule has 3 rings (SSSR count). The van der Waals surface area contributed by atoms with E-state index >= 15 is 0 Å². The van der Waals surface area contributed by atoms with Gasteiger partial charge in [0, 0.05) is 18.0 Å². The predicted molar refractivity (Wildman–Crippen MR) is 64.7 cm³/mol. The van der Waals surface area contributed by atoms with Crippen LogP contribution in [0.15, 0.2) is 30.6 Å². The Hall–Kier alpha value is -2.14. The van der Waals surface area contributed by atoms with Crippen LogP contribution in [-0.4, -0.2) is 15.9 Å². The Labute approximate surface area is 104 Å². The second kappa shape index (κ2) is 4.62. The summed E-state index contributed by atoms with van der Waals surface area (Å²) < 4.78 is 5.32. The molecule has 0 atom stereocenters. The lowest BCUT2D eigenvalue weighted by Crippen LogP contribution is -2.23. The Morgan fingerprint density at radius 1 is 1.39 bits per heavy atom. The number of nitrogens with zero attached hydrogens (tertiary/aromatic N) is 1. The molecule has 1 aliphatic heterocycles. The first-order valence-electron chi connectivity index (χ1n) is 5.79. The molecule has 0 saturated heterocycles. The number of amides is 1. The lowest BCUT2D eigenvalue weighted by Gasteiger charge is -2.05. The molecule has 0 aliphatic carbocycles. The highest BCUT2D eigenvalue weighted by Gasteiger charge is 2.14. The van der Waals surface area contributed by atoms with Crippen molar-refractivity contribution in [2.45, 2.75) is 19.8 Å². The van der Waals surface area contributed by atoms with Gasteiger partial charge < -0.3 is 15.0 Å². The molecular formula is C13H13N3O2. The van der Waals surface area contributed by atoms with Crippen LogP contribution in [0, 0.1) is 0 Å². The lowest BCUT2D eigenvalue weighted by molar-refractivity contribution is 0.0950. The monoisotopic (exact) mass is 243 g/mol. The molecule has 2 heterocycles. The van der Waals surface area contributed by atoms with E-state index in [1.54, 1.807) is 12.4 Å². The average Bonchev–Trinajstić information content (AvgIpc) is 3.05. The maximum absolute atomic E-state index is 11.9. The highest BCUT2D eigenvalue weighted by molar-refractivity contribution is 5.94. The summed E-state index contributed by atoms with van der Waals surface area (Å²) >= 11 is 0. The van der Waals surface area contributed by atoms with E-state index < -0.39 is 0 Å². The third kappa shape index (κ3) is 2.12. The molecule has 0 fully saturated rings. The molecule has 2 N–H and O–H groups in total. The Morgan fingerprint density at radius 3 is 3.11 bits per heavy atom. The normalized spacial score (nSPS) is 13.3. The third-order valence-corrected chi connectivity index (χ3v) is 2.95. The van der Waals surface area contributed by atoms with Crippen LogP contribution >= 0.6 is 0 Å². The maximum atomic E-state index is 11.9. The van der Waals surface area contributed by atoms with Gasteiger partial charge in [0.15, 0.2) is 0 Å². The number of ether oxygens (including phenoxy) is 1. The first kappa shape index (κ1) is 11.0. The van der Waals surface area contributed by atoms with E-state index in [2.05, 4.69) is 15.3 Å². The van der Waals surface area contributed by atoms with Crippen molar-refractivity contribution in [2.24, 2.45) is 0 Å². The number of hydrogen-bond donors (Lipinski definition) is 2. The number of fused-ring (bicyclic) bond motifs is 1. The van der Waals surface area contributed by atoms with Crippen LogP contribution in [0.4, 0.5) is 0 Å². The van der Waals surface area contributed by atoms with Gasteiger partial charge in [0.25, 0.3) is 5.91 Å². The number of hydrogen-bond acceptors (Lipinski definition) is 3. The number of H-pyrrole nitrogens is 1. The SMILES string of the molecule is O=C(NCc1ncc[nH]1)c1ccc2c(c1)COC2. The minimum absolute atomic E-state index is 0.0962. The van der Waals surface area contributed by atoms with E-state index in [-0.39, 0.29) is 5.91 Å². The molecule has 0 saturated carbocycles. The number of rotatable bonds is 3. The van der Waals surface area contributed by atoms with Crippen molar-refractivity contribution < 1.29 is 9.53 Å². The van der Waals surface area contributed by atoms with E-state index in [9.17, 15) is 4.79 Å². The summed E-state index contributed by atoms with van der Waals surface area (Å²) in [6.07, 6.45) is 3.39. The Morgan fingerprint density at radius 2 is 2.28 bits per heavy atom. The fraction of sp³-hybridized carbons (Fsp3) is 0.231. The minimum atomic E-state index is -0.0962. The zero-order chi connectivity index (χ0) is 12.4. The van der Waals surface area contributed by atoms with Gasteiger partial charge in [-0.2, -0.15) is 0 Å². The molecule has 0 bridgehead atoms. The molecule has 1 aromatic carbocycles. The van der Waals surface area contributed by atoms with Gasteiger partial charge in [-0.3, -0.25) is 4.79 Å². The molecule has 1 aliphatic rings. The van der Waals surface area contributed by atoms with Crippen LogP contribution in [0.1, 0.15) is 27.3 Å².